The second-order valence-corrected chi connectivity index (χ2v) is 7.34. The molecule has 3 rings (SSSR count). The van der Waals surface area contributed by atoms with Crippen molar-refractivity contribution in [2.75, 3.05) is 5.32 Å². The Balaban J connectivity index is 1.79. The monoisotopic (exact) mass is 465 g/mol. The molecule has 0 radical (unpaired) electrons. The predicted octanol–water partition coefficient (Wildman–Crippen LogP) is 5.73. The van der Waals surface area contributed by atoms with Crippen molar-refractivity contribution in [2.45, 2.75) is 13.0 Å². The number of carboxylic acids is 1. The number of anilines is 1. The summed E-state index contributed by atoms with van der Waals surface area (Å²) in [5.74, 6) is -4.20. The molecule has 0 saturated carbocycles. The van der Waals surface area contributed by atoms with Gasteiger partial charge in [-0.05, 0) is 47.5 Å². The first kappa shape index (κ1) is 22.5. The molecule has 1 amide bonds. The van der Waals surface area contributed by atoms with Crippen molar-refractivity contribution < 1.29 is 28.2 Å². The van der Waals surface area contributed by atoms with E-state index in [1.807, 2.05) is 0 Å². The molecule has 0 spiro atoms. The molecule has 2 N–H and O–H groups in total. The second kappa shape index (κ2) is 9.76. The van der Waals surface area contributed by atoms with Gasteiger partial charge in [0, 0.05) is 5.02 Å². The summed E-state index contributed by atoms with van der Waals surface area (Å²) >= 11 is 11.9. The van der Waals surface area contributed by atoms with Crippen molar-refractivity contribution in [1.29, 1.82) is 0 Å². The van der Waals surface area contributed by atoms with Crippen LogP contribution in [0.15, 0.2) is 54.6 Å². The minimum atomic E-state index is -1.13. The summed E-state index contributed by atoms with van der Waals surface area (Å²) < 4.78 is 34.6. The summed E-state index contributed by atoms with van der Waals surface area (Å²) in [7, 11) is 0. The summed E-state index contributed by atoms with van der Waals surface area (Å²) in [6.45, 7) is -0.000160. The van der Waals surface area contributed by atoms with Crippen molar-refractivity contribution in [2.24, 2.45) is 0 Å². The van der Waals surface area contributed by atoms with Gasteiger partial charge in [-0.1, -0.05) is 41.4 Å². The molecule has 5 nitrogen and oxygen atoms in total. The van der Waals surface area contributed by atoms with Crippen LogP contribution in [0.5, 0.6) is 5.75 Å². The number of carbonyl (C=O) groups is 2. The van der Waals surface area contributed by atoms with Crippen LogP contribution in [0.1, 0.15) is 21.5 Å². The molecule has 0 bridgehead atoms. The van der Waals surface area contributed by atoms with Crippen LogP contribution in [0.4, 0.5) is 14.5 Å². The van der Waals surface area contributed by atoms with Gasteiger partial charge >= 0.3 is 5.97 Å². The average molecular weight is 466 g/mol. The molecule has 0 aliphatic carbocycles. The number of ether oxygens (including phenoxy) is 1. The van der Waals surface area contributed by atoms with E-state index in [0.29, 0.717) is 10.6 Å². The third-order valence-electron chi connectivity index (χ3n) is 4.20. The number of hydrogen-bond acceptors (Lipinski definition) is 3. The summed E-state index contributed by atoms with van der Waals surface area (Å²) in [6, 6.07) is 12.9. The average Bonchev–Trinajstić information content (AvgIpc) is 2.69. The molecular weight excluding hydrogens is 451 g/mol. The van der Waals surface area contributed by atoms with Crippen LogP contribution in [0.3, 0.4) is 0 Å². The molecule has 160 valence electrons. The standard InChI is InChI=1S/C22H15Cl2F2NO4/c23-14-3-1-2-13(8-14)11-31-18-7-5-15(24)20(21(18)26)22(30)27-17-6-4-12(9-16(17)25)10-19(28)29/h1-9H,10-11H2,(H,27,30)(H,28,29). The van der Waals surface area contributed by atoms with Crippen molar-refractivity contribution in [3.8, 4) is 5.75 Å². The lowest BCUT2D eigenvalue weighted by Gasteiger charge is -2.13. The van der Waals surface area contributed by atoms with Gasteiger partial charge in [0.15, 0.2) is 11.6 Å². The fourth-order valence-electron chi connectivity index (χ4n) is 2.77. The van der Waals surface area contributed by atoms with Gasteiger partial charge in [0.2, 0.25) is 0 Å². The zero-order valence-electron chi connectivity index (χ0n) is 15.8. The lowest BCUT2D eigenvalue weighted by molar-refractivity contribution is -0.136. The minimum Gasteiger partial charge on any atom is -0.486 e. The Morgan fingerprint density at radius 2 is 1.77 bits per heavy atom. The molecular formula is C22H15Cl2F2NO4. The normalized spacial score (nSPS) is 10.6. The highest BCUT2D eigenvalue weighted by Gasteiger charge is 2.21. The highest BCUT2D eigenvalue weighted by molar-refractivity contribution is 6.34. The Kier molecular flexibility index (Phi) is 7.09. The summed E-state index contributed by atoms with van der Waals surface area (Å²) in [6.07, 6.45) is -0.377. The number of rotatable bonds is 7. The smallest absolute Gasteiger partial charge is 0.307 e. The first-order valence-electron chi connectivity index (χ1n) is 8.91. The Bertz CT molecular complexity index is 1150. The third-order valence-corrected chi connectivity index (χ3v) is 4.75. The van der Waals surface area contributed by atoms with E-state index in [9.17, 15) is 18.4 Å². The maximum atomic E-state index is 14.9. The Morgan fingerprint density at radius 3 is 2.45 bits per heavy atom. The zero-order chi connectivity index (χ0) is 22.5. The highest BCUT2D eigenvalue weighted by atomic mass is 35.5. The molecule has 0 heterocycles. The molecule has 0 aliphatic heterocycles. The number of carboxylic acid groups (broad SMARTS) is 1. The van der Waals surface area contributed by atoms with E-state index in [1.54, 1.807) is 24.3 Å². The van der Waals surface area contributed by atoms with E-state index in [1.165, 1.54) is 24.3 Å². The van der Waals surface area contributed by atoms with Crippen molar-refractivity contribution in [3.63, 3.8) is 0 Å². The largest absolute Gasteiger partial charge is 0.486 e. The number of carbonyl (C=O) groups excluding carboxylic acids is 1. The van der Waals surface area contributed by atoms with Crippen LogP contribution < -0.4 is 10.1 Å². The van der Waals surface area contributed by atoms with Crippen LogP contribution in [0.2, 0.25) is 10.0 Å². The van der Waals surface area contributed by atoms with Gasteiger partial charge in [0.1, 0.15) is 12.4 Å². The molecule has 0 aromatic heterocycles. The fourth-order valence-corrected chi connectivity index (χ4v) is 3.21. The van der Waals surface area contributed by atoms with E-state index in [0.717, 1.165) is 6.07 Å². The number of benzene rings is 3. The van der Waals surface area contributed by atoms with Crippen LogP contribution in [0.25, 0.3) is 0 Å². The van der Waals surface area contributed by atoms with Gasteiger partial charge in [-0.3, -0.25) is 9.59 Å². The lowest BCUT2D eigenvalue weighted by Crippen LogP contribution is -2.16. The molecule has 0 saturated heterocycles. The number of hydrogen-bond donors (Lipinski definition) is 2. The van der Waals surface area contributed by atoms with Gasteiger partial charge < -0.3 is 15.2 Å². The van der Waals surface area contributed by atoms with E-state index in [-0.39, 0.29) is 35.1 Å². The van der Waals surface area contributed by atoms with Crippen molar-refractivity contribution in [1.82, 2.24) is 0 Å². The van der Waals surface area contributed by atoms with Crippen LogP contribution in [0, 0.1) is 11.6 Å². The summed E-state index contributed by atoms with van der Waals surface area (Å²) in [4.78, 5) is 23.3. The number of halogens is 4. The Morgan fingerprint density at radius 1 is 1.00 bits per heavy atom. The third kappa shape index (κ3) is 5.71. The predicted molar refractivity (Wildman–Crippen MR) is 113 cm³/mol. The maximum Gasteiger partial charge on any atom is 0.307 e. The van der Waals surface area contributed by atoms with Gasteiger partial charge in [-0.25, -0.2) is 8.78 Å². The van der Waals surface area contributed by atoms with Gasteiger partial charge in [0.05, 0.1) is 22.7 Å². The van der Waals surface area contributed by atoms with Crippen LogP contribution in [-0.4, -0.2) is 17.0 Å². The topological polar surface area (TPSA) is 75.6 Å². The van der Waals surface area contributed by atoms with E-state index < -0.39 is 29.1 Å². The quantitative estimate of drug-likeness (QED) is 0.467. The molecule has 0 aliphatic rings. The molecule has 0 unspecified atom stereocenters. The Hall–Kier alpha value is -3.16. The van der Waals surface area contributed by atoms with E-state index in [4.69, 9.17) is 33.0 Å². The zero-order valence-corrected chi connectivity index (χ0v) is 17.3. The first-order valence-corrected chi connectivity index (χ1v) is 9.67. The SMILES string of the molecule is O=C(O)Cc1ccc(NC(=O)c2c(Cl)ccc(OCc3cccc(Cl)c3)c2F)c(F)c1. The molecule has 9 heteroatoms. The maximum absolute atomic E-state index is 14.9. The highest BCUT2D eigenvalue weighted by Crippen LogP contribution is 2.29. The molecule has 3 aromatic rings. The number of nitrogens with one attached hydrogen (secondary N) is 1. The van der Waals surface area contributed by atoms with Crippen molar-refractivity contribution >= 4 is 40.8 Å². The van der Waals surface area contributed by atoms with Crippen molar-refractivity contribution in [3.05, 3.63) is 93.0 Å². The van der Waals surface area contributed by atoms with Crippen LogP contribution in [-0.2, 0) is 17.8 Å². The van der Waals surface area contributed by atoms with Gasteiger partial charge in [0.25, 0.3) is 5.91 Å². The molecule has 3 aromatic carbocycles. The van der Waals surface area contributed by atoms with Crippen LogP contribution >= 0.6 is 23.2 Å². The lowest BCUT2D eigenvalue weighted by atomic mass is 10.1. The summed E-state index contributed by atoms with van der Waals surface area (Å²) in [5.41, 5.74) is 0.138. The van der Waals surface area contributed by atoms with E-state index >= 15 is 0 Å². The van der Waals surface area contributed by atoms with Gasteiger partial charge in [-0.15, -0.1) is 0 Å². The molecule has 31 heavy (non-hydrogen) atoms. The molecule has 0 fully saturated rings. The minimum absolute atomic E-state index is 0.000160. The van der Waals surface area contributed by atoms with E-state index in [2.05, 4.69) is 5.32 Å². The van der Waals surface area contributed by atoms with Gasteiger partial charge in [-0.2, -0.15) is 0 Å². The summed E-state index contributed by atoms with van der Waals surface area (Å²) in [5, 5.41) is 11.3. The number of amides is 1. The Labute approximate surface area is 186 Å². The fraction of sp³-hybridized carbons (Fsp3) is 0.0909. The number of aliphatic carboxylic acids is 1. The second-order valence-electron chi connectivity index (χ2n) is 6.49. The first-order chi connectivity index (χ1) is 14.7. The molecule has 0 atom stereocenters.